The molecule has 0 radical (unpaired) electrons. The maximum absolute atomic E-state index is 12.9. The van der Waals surface area contributed by atoms with Crippen LogP contribution in [0.5, 0.6) is 0 Å². The second kappa shape index (κ2) is 59.7. The molecule has 0 fully saturated rings. The van der Waals surface area contributed by atoms with Crippen LogP contribution in [0.25, 0.3) is 0 Å². The van der Waals surface area contributed by atoms with Crippen molar-refractivity contribution in [1.29, 1.82) is 0 Å². The predicted octanol–water partition coefficient (Wildman–Crippen LogP) is 20.8. The van der Waals surface area contributed by atoms with Gasteiger partial charge < -0.3 is 14.2 Å². The minimum absolute atomic E-state index is 0.0942. The molecule has 0 heterocycles. The summed E-state index contributed by atoms with van der Waals surface area (Å²) < 4.78 is 16.9. The van der Waals surface area contributed by atoms with Gasteiger partial charge in [0, 0.05) is 19.3 Å². The summed E-state index contributed by atoms with van der Waals surface area (Å²) in [5.74, 6) is -0.939. The largest absolute Gasteiger partial charge is 0.462 e. The topological polar surface area (TPSA) is 78.9 Å². The number of ether oxygens (including phenoxy) is 3. The molecule has 0 unspecified atom stereocenters. The van der Waals surface area contributed by atoms with Crippen LogP contribution >= 0.6 is 0 Å². The molecule has 6 nitrogen and oxygen atoms in total. The van der Waals surface area contributed by atoms with Gasteiger partial charge in [-0.3, -0.25) is 14.4 Å². The molecule has 0 aliphatic carbocycles. The van der Waals surface area contributed by atoms with Crippen molar-refractivity contribution < 1.29 is 28.6 Å². The summed E-state index contributed by atoms with van der Waals surface area (Å²) in [5, 5.41) is 0. The molecule has 0 aliphatic heterocycles. The average Bonchev–Trinajstić information content (AvgIpc) is 3.37. The van der Waals surface area contributed by atoms with E-state index in [2.05, 4.69) is 81.5 Å². The van der Waals surface area contributed by atoms with Gasteiger partial charge in [-0.05, 0) is 83.5 Å². The monoisotopic (exact) mass is 993 g/mol. The molecule has 0 aromatic rings. The normalized spacial score (nSPS) is 12.4. The van der Waals surface area contributed by atoms with E-state index in [4.69, 9.17) is 14.2 Å². The molecule has 412 valence electrons. The van der Waals surface area contributed by atoms with Crippen molar-refractivity contribution in [2.45, 2.75) is 322 Å². The second-order valence-electron chi connectivity index (χ2n) is 20.6. The molecular weight excluding hydrogens is 877 g/mol. The number of carbonyl (C=O) groups is 3. The highest BCUT2D eigenvalue weighted by molar-refractivity contribution is 5.71. The summed E-state index contributed by atoms with van der Waals surface area (Å²) >= 11 is 0. The summed E-state index contributed by atoms with van der Waals surface area (Å²) in [6, 6.07) is 0. The minimum Gasteiger partial charge on any atom is -0.462 e. The van der Waals surface area contributed by atoms with Crippen LogP contribution in [0, 0.1) is 0 Å². The molecule has 0 rings (SSSR count). The molecule has 0 saturated heterocycles. The van der Waals surface area contributed by atoms with Crippen molar-refractivity contribution in [2.24, 2.45) is 0 Å². The molecule has 0 bridgehead atoms. The van der Waals surface area contributed by atoms with E-state index >= 15 is 0 Å². The maximum atomic E-state index is 12.9. The SMILES string of the molecule is CCCCC/C=C\C/C=C\C/C=C\C/C=C\CCCC(=O)O[C@@H](COC(=O)CCCCCCCCC/C=C\CCCCCCCCCC)COC(=O)CCCCCCCCCCCCCCCCCCC. The molecule has 0 N–H and O–H groups in total. The number of allylic oxidation sites excluding steroid dienone is 10. The summed E-state index contributed by atoms with van der Waals surface area (Å²) in [5.41, 5.74) is 0. The number of hydrogen-bond acceptors (Lipinski definition) is 6. The van der Waals surface area contributed by atoms with Crippen LogP contribution in [0.15, 0.2) is 60.8 Å². The molecule has 6 heteroatoms. The third-order valence-electron chi connectivity index (χ3n) is 13.5. The minimum atomic E-state index is -0.803. The van der Waals surface area contributed by atoms with Crippen LogP contribution in [0.1, 0.15) is 316 Å². The van der Waals surface area contributed by atoms with Crippen molar-refractivity contribution in [3.8, 4) is 0 Å². The number of carbonyl (C=O) groups excluding carboxylic acids is 3. The van der Waals surface area contributed by atoms with Crippen molar-refractivity contribution in [1.82, 2.24) is 0 Å². The molecule has 0 saturated carbocycles. The summed E-state index contributed by atoms with van der Waals surface area (Å²) in [6.45, 7) is 6.61. The van der Waals surface area contributed by atoms with Gasteiger partial charge in [0.15, 0.2) is 6.10 Å². The molecule has 71 heavy (non-hydrogen) atoms. The van der Waals surface area contributed by atoms with Gasteiger partial charge in [0.2, 0.25) is 0 Å². The molecular formula is C65H116O6. The van der Waals surface area contributed by atoms with Crippen molar-refractivity contribution in [2.75, 3.05) is 13.2 Å². The van der Waals surface area contributed by atoms with Gasteiger partial charge in [-0.25, -0.2) is 0 Å². The zero-order valence-corrected chi connectivity index (χ0v) is 47.2. The first-order valence-corrected chi connectivity index (χ1v) is 30.8. The third kappa shape index (κ3) is 57.9. The van der Waals surface area contributed by atoms with Gasteiger partial charge in [0.1, 0.15) is 13.2 Å². The lowest BCUT2D eigenvalue weighted by molar-refractivity contribution is -0.167. The zero-order chi connectivity index (χ0) is 51.4. The van der Waals surface area contributed by atoms with Crippen LogP contribution in [-0.2, 0) is 28.6 Å². The van der Waals surface area contributed by atoms with E-state index in [0.717, 1.165) is 64.2 Å². The molecule has 0 aromatic carbocycles. The number of rotatable bonds is 56. The predicted molar refractivity (Wildman–Crippen MR) is 307 cm³/mol. The van der Waals surface area contributed by atoms with Gasteiger partial charge >= 0.3 is 17.9 Å². The lowest BCUT2D eigenvalue weighted by Crippen LogP contribution is -2.30. The first kappa shape index (κ1) is 68.1. The van der Waals surface area contributed by atoms with Crippen LogP contribution in [0.2, 0.25) is 0 Å². The van der Waals surface area contributed by atoms with E-state index < -0.39 is 6.10 Å². The van der Waals surface area contributed by atoms with E-state index in [0.29, 0.717) is 19.3 Å². The summed E-state index contributed by atoms with van der Waals surface area (Å²) in [6.07, 6.45) is 75.1. The Kier molecular flexibility index (Phi) is 57.2. The lowest BCUT2D eigenvalue weighted by Gasteiger charge is -2.18. The van der Waals surface area contributed by atoms with Gasteiger partial charge in [0.05, 0.1) is 0 Å². The number of hydrogen-bond donors (Lipinski definition) is 0. The molecule has 0 aliphatic rings. The Morgan fingerprint density at radius 1 is 0.282 bits per heavy atom. The van der Waals surface area contributed by atoms with Crippen molar-refractivity contribution in [3.63, 3.8) is 0 Å². The Morgan fingerprint density at radius 2 is 0.521 bits per heavy atom. The Labute approximate surface area is 440 Å². The average molecular weight is 994 g/mol. The number of unbranched alkanes of at least 4 members (excludes halogenated alkanes) is 35. The van der Waals surface area contributed by atoms with E-state index in [1.165, 1.54) is 205 Å². The van der Waals surface area contributed by atoms with Gasteiger partial charge in [-0.2, -0.15) is 0 Å². The van der Waals surface area contributed by atoms with Gasteiger partial charge in [-0.1, -0.05) is 274 Å². The van der Waals surface area contributed by atoms with Crippen LogP contribution in [0.4, 0.5) is 0 Å². The van der Waals surface area contributed by atoms with E-state index in [9.17, 15) is 14.4 Å². The smallest absolute Gasteiger partial charge is 0.306 e. The van der Waals surface area contributed by atoms with Gasteiger partial charge in [-0.15, -0.1) is 0 Å². The Balaban J connectivity index is 4.43. The molecule has 1 atom stereocenters. The summed E-state index contributed by atoms with van der Waals surface area (Å²) in [4.78, 5) is 38.2. The molecule has 0 amide bonds. The van der Waals surface area contributed by atoms with Crippen molar-refractivity contribution >= 4 is 17.9 Å². The molecule has 0 spiro atoms. The van der Waals surface area contributed by atoms with Crippen LogP contribution in [0.3, 0.4) is 0 Å². The third-order valence-corrected chi connectivity index (χ3v) is 13.5. The highest BCUT2D eigenvalue weighted by Crippen LogP contribution is 2.16. The summed E-state index contributed by atoms with van der Waals surface area (Å²) in [7, 11) is 0. The quantitative estimate of drug-likeness (QED) is 0.0261. The Bertz CT molecular complexity index is 1280. The Hall–Kier alpha value is -2.89. The van der Waals surface area contributed by atoms with Crippen molar-refractivity contribution in [3.05, 3.63) is 60.8 Å². The fraction of sp³-hybridized carbons (Fsp3) is 0.800. The van der Waals surface area contributed by atoms with E-state index in [-0.39, 0.29) is 37.5 Å². The maximum Gasteiger partial charge on any atom is 0.306 e. The first-order chi connectivity index (χ1) is 35.0. The fourth-order valence-electron chi connectivity index (χ4n) is 8.84. The Morgan fingerprint density at radius 3 is 0.873 bits per heavy atom. The standard InChI is InChI=1S/C65H116O6/c1-4-7-10-13-16-19-22-25-28-31-32-35-37-40-43-46-49-52-55-58-64(67)70-61-62(71-65(68)59-56-53-50-47-44-41-38-34-30-27-24-21-18-15-12-9-6-3)60-69-63(66)57-54-51-48-45-42-39-36-33-29-26-23-20-17-14-11-8-5-2/h18,21,27,30-32,38,41,47,50,62H,4-17,19-20,22-26,28-29,33-37,39-40,42-46,48-49,51-61H2,1-3H3/b21-18-,30-27-,32-31-,41-38-,50-47-/t62-/m1/s1. The highest BCUT2D eigenvalue weighted by Gasteiger charge is 2.19. The second-order valence-corrected chi connectivity index (χ2v) is 20.6. The fourth-order valence-corrected chi connectivity index (χ4v) is 8.84. The highest BCUT2D eigenvalue weighted by atomic mass is 16.6. The van der Waals surface area contributed by atoms with Crippen LogP contribution in [-0.4, -0.2) is 37.2 Å². The zero-order valence-electron chi connectivity index (χ0n) is 47.2. The van der Waals surface area contributed by atoms with Crippen LogP contribution < -0.4 is 0 Å². The number of esters is 3. The first-order valence-electron chi connectivity index (χ1n) is 30.8. The lowest BCUT2D eigenvalue weighted by atomic mass is 10.0. The van der Waals surface area contributed by atoms with E-state index in [1.54, 1.807) is 0 Å². The molecule has 0 aromatic heterocycles. The van der Waals surface area contributed by atoms with E-state index in [1.807, 2.05) is 0 Å². The van der Waals surface area contributed by atoms with Gasteiger partial charge in [0.25, 0.3) is 0 Å².